The molecule has 0 radical (unpaired) electrons. The van der Waals surface area contributed by atoms with Gasteiger partial charge in [-0.1, -0.05) is 19.1 Å². The van der Waals surface area contributed by atoms with Crippen molar-refractivity contribution < 1.29 is 4.74 Å². The fraction of sp³-hybridized carbons (Fsp3) is 0.500. The topological polar surface area (TPSA) is 68.7 Å². The smallest absolute Gasteiger partial charge is 0.221 e. The van der Waals surface area contributed by atoms with E-state index in [0.29, 0.717) is 12.6 Å². The molecule has 3 rings (SSSR count). The van der Waals surface area contributed by atoms with Gasteiger partial charge in [0, 0.05) is 18.7 Å². The van der Waals surface area contributed by atoms with Gasteiger partial charge in [0.2, 0.25) is 5.95 Å². The molecule has 0 saturated carbocycles. The first-order chi connectivity index (χ1) is 12.6. The van der Waals surface area contributed by atoms with Crippen LogP contribution >= 0.6 is 0 Å². The first-order valence-corrected chi connectivity index (χ1v) is 9.42. The first-order valence-electron chi connectivity index (χ1n) is 9.42. The minimum atomic E-state index is 0.382. The van der Waals surface area contributed by atoms with E-state index in [9.17, 15) is 0 Å². The van der Waals surface area contributed by atoms with Crippen LogP contribution in [0.5, 0.6) is 5.75 Å². The molecule has 1 unspecified atom stereocenters. The third-order valence-electron chi connectivity index (χ3n) is 4.69. The second kappa shape index (κ2) is 8.85. The number of para-hydroxylation sites is 1. The van der Waals surface area contributed by atoms with Gasteiger partial charge in [0.1, 0.15) is 5.75 Å². The molecule has 2 aromatic rings. The van der Waals surface area contributed by atoms with Crippen molar-refractivity contribution in [1.82, 2.24) is 14.6 Å². The molecule has 2 N–H and O–H groups in total. The lowest BCUT2D eigenvalue weighted by Gasteiger charge is -2.30. The van der Waals surface area contributed by atoms with Crippen molar-refractivity contribution in [3.63, 3.8) is 0 Å². The predicted octanol–water partition coefficient (Wildman–Crippen LogP) is 3.16. The monoisotopic (exact) mass is 355 g/mol. The van der Waals surface area contributed by atoms with Crippen molar-refractivity contribution in [3.8, 4) is 5.75 Å². The summed E-state index contributed by atoms with van der Waals surface area (Å²) in [5, 5.41) is 4.38. The lowest BCUT2D eigenvalue weighted by atomic mass is 10.0. The Labute approximate surface area is 155 Å². The Balaban J connectivity index is 1.53. The zero-order valence-corrected chi connectivity index (χ0v) is 15.8. The van der Waals surface area contributed by atoms with Crippen LogP contribution in [0.4, 0.5) is 5.95 Å². The molecular formula is C20H29N5O. The molecule has 26 heavy (non-hydrogen) atoms. The fourth-order valence-electron chi connectivity index (χ4n) is 3.40. The summed E-state index contributed by atoms with van der Waals surface area (Å²) >= 11 is 0. The highest BCUT2D eigenvalue weighted by molar-refractivity contribution is 5.83. The maximum Gasteiger partial charge on any atom is 0.221 e. The summed E-state index contributed by atoms with van der Waals surface area (Å²) in [6.45, 7) is 8.48. The number of nitrogen functional groups attached to an aromatic ring is 1. The van der Waals surface area contributed by atoms with E-state index in [0.717, 1.165) is 35.9 Å². The number of nitrogens with two attached hydrogens (primary N) is 1. The Kier molecular flexibility index (Phi) is 6.28. The predicted molar refractivity (Wildman–Crippen MR) is 106 cm³/mol. The highest BCUT2D eigenvalue weighted by Crippen LogP contribution is 2.18. The molecule has 2 heterocycles. The van der Waals surface area contributed by atoms with E-state index in [1.165, 1.54) is 25.9 Å². The maximum absolute atomic E-state index is 6.00. The molecular weight excluding hydrogens is 326 g/mol. The van der Waals surface area contributed by atoms with E-state index in [4.69, 9.17) is 10.5 Å². The Hall–Kier alpha value is -2.34. The highest BCUT2D eigenvalue weighted by atomic mass is 16.5. The summed E-state index contributed by atoms with van der Waals surface area (Å²) in [6.07, 6.45) is 7.28. The van der Waals surface area contributed by atoms with Gasteiger partial charge in [-0.15, -0.1) is 0 Å². The van der Waals surface area contributed by atoms with Crippen LogP contribution in [0, 0.1) is 12.8 Å². The van der Waals surface area contributed by atoms with Crippen LogP contribution in [-0.2, 0) is 0 Å². The molecule has 6 nitrogen and oxygen atoms in total. The summed E-state index contributed by atoms with van der Waals surface area (Å²) in [6, 6.07) is 7.93. The summed E-state index contributed by atoms with van der Waals surface area (Å²) in [5.74, 6) is 2.05. The number of hydrogen-bond acceptors (Lipinski definition) is 5. The molecule has 1 saturated heterocycles. The average Bonchev–Trinajstić information content (AvgIpc) is 2.95. The van der Waals surface area contributed by atoms with Gasteiger partial charge in [0.05, 0.1) is 24.7 Å². The SMILES string of the molecule is Cc1cn(N=Cc2ccccc2OCCCN2CCCC(C)C2)c(N)n1. The van der Waals surface area contributed by atoms with Crippen LogP contribution in [0.3, 0.4) is 0 Å². The van der Waals surface area contributed by atoms with Crippen molar-refractivity contribution in [2.24, 2.45) is 11.0 Å². The first kappa shape index (κ1) is 18.5. The van der Waals surface area contributed by atoms with Gasteiger partial charge in [0.25, 0.3) is 0 Å². The van der Waals surface area contributed by atoms with Crippen LogP contribution in [0.2, 0.25) is 0 Å². The van der Waals surface area contributed by atoms with Crippen LogP contribution in [0.15, 0.2) is 35.6 Å². The van der Waals surface area contributed by atoms with Crippen molar-refractivity contribution >= 4 is 12.2 Å². The van der Waals surface area contributed by atoms with Crippen LogP contribution in [0.1, 0.15) is 37.4 Å². The summed E-state index contributed by atoms with van der Waals surface area (Å²) < 4.78 is 7.58. The Morgan fingerprint density at radius 1 is 1.38 bits per heavy atom. The lowest BCUT2D eigenvalue weighted by Crippen LogP contribution is -2.35. The van der Waals surface area contributed by atoms with Gasteiger partial charge in [-0.25, -0.2) is 9.66 Å². The minimum absolute atomic E-state index is 0.382. The van der Waals surface area contributed by atoms with E-state index in [1.807, 2.05) is 31.2 Å². The molecule has 0 amide bonds. The zero-order valence-electron chi connectivity index (χ0n) is 15.8. The number of aromatic nitrogens is 2. The van der Waals surface area contributed by atoms with Crippen LogP contribution in [-0.4, -0.2) is 47.0 Å². The van der Waals surface area contributed by atoms with Crippen molar-refractivity contribution in [1.29, 1.82) is 0 Å². The van der Waals surface area contributed by atoms with E-state index in [-0.39, 0.29) is 0 Å². The molecule has 1 aromatic carbocycles. The van der Waals surface area contributed by atoms with Gasteiger partial charge in [-0.05, 0) is 50.8 Å². The molecule has 0 bridgehead atoms. The summed E-state index contributed by atoms with van der Waals surface area (Å²) in [5.41, 5.74) is 7.60. The number of piperidine rings is 1. The van der Waals surface area contributed by atoms with Gasteiger partial charge < -0.3 is 15.4 Å². The Morgan fingerprint density at radius 3 is 3.00 bits per heavy atom. The van der Waals surface area contributed by atoms with Crippen LogP contribution in [0.25, 0.3) is 0 Å². The highest BCUT2D eigenvalue weighted by Gasteiger charge is 2.15. The fourth-order valence-corrected chi connectivity index (χ4v) is 3.40. The van der Waals surface area contributed by atoms with Crippen molar-refractivity contribution in [2.75, 3.05) is 32.0 Å². The van der Waals surface area contributed by atoms with E-state index in [1.54, 1.807) is 17.1 Å². The van der Waals surface area contributed by atoms with E-state index < -0.39 is 0 Å². The van der Waals surface area contributed by atoms with Gasteiger partial charge in [0.15, 0.2) is 0 Å². The second-order valence-electron chi connectivity index (χ2n) is 7.12. The van der Waals surface area contributed by atoms with E-state index in [2.05, 4.69) is 21.9 Å². The average molecular weight is 355 g/mol. The zero-order chi connectivity index (χ0) is 18.4. The molecule has 1 atom stereocenters. The number of hydrogen-bond donors (Lipinski definition) is 1. The number of ether oxygens (including phenoxy) is 1. The van der Waals surface area contributed by atoms with Gasteiger partial charge in [-0.2, -0.15) is 5.10 Å². The normalized spacial score (nSPS) is 18.5. The molecule has 0 spiro atoms. The molecule has 1 aromatic heterocycles. The van der Waals surface area contributed by atoms with Gasteiger partial charge in [-0.3, -0.25) is 0 Å². The quantitative estimate of drug-likeness (QED) is 0.612. The molecule has 0 aliphatic carbocycles. The van der Waals surface area contributed by atoms with E-state index >= 15 is 0 Å². The molecule has 6 heteroatoms. The third kappa shape index (κ3) is 5.08. The van der Waals surface area contributed by atoms with Gasteiger partial charge >= 0.3 is 0 Å². The maximum atomic E-state index is 6.00. The van der Waals surface area contributed by atoms with Crippen molar-refractivity contribution in [2.45, 2.75) is 33.1 Å². The number of rotatable bonds is 7. The number of anilines is 1. The lowest BCUT2D eigenvalue weighted by molar-refractivity contribution is 0.170. The number of benzene rings is 1. The summed E-state index contributed by atoms with van der Waals surface area (Å²) in [7, 11) is 0. The molecule has 140 valence electrons. The van der Waals surface area contributed by atoms with Crippen molar-refractivity contribution in [3.05, 3.63) is 41.7 Å². The number of likely N-dealkylation sites (tertiary alicyclic amines) is 1. The number of aryl methyl sites for hydroxylation is 1. The Bertz CT molecular complexity index is 740. The molecule has 1 aliphatic heterocycles. The van der Waals surface area contributed by atoms with Crippen LogP contribution < -0.4 is 10.5 Å². The number of nitrogens with zero attached hydrogens (tertiary/aromatic N) is 4. The summed E-state index contributed by atoms with van der Waals surface area (Å²) in [4.78, 5) is 6.70. The Morgan fingerprint density at radius 2 is 2.23 bits per heavy atom. The third-order valence-corrected chi connectivity index (χ3v) is 4.69. The standard InChI is InChI=1S/C20H29N5O/c1-16-7-5-10-24(14-16)11-6-12-26-19-9-4-3-8-18(19)13-22-25-15-17(2)23-20(25)21/h3-4,8-9,13,15-16H,5-7,10-12,14H2,1-2H3,(H2,21,23). The number of imidazole rings is 1. The molecule has 1 fully saturated rings. The second-order valence-corrected chi connectivity index (χ2v) is 7.12. The largest absolute Gasteiger partial charge is 0.493 e. The molecule has 1 aliphatic rings. The minimum Gasteiger partial charge on any atom is -0.493 e.